The number of halogens is 1. The molecule has 2 atom stereocenters. The monoisotopic (exact) mass is 699 g/mol. The molecule has 2 aliphatic rings. The Balaban J connectivity index is 1.49. The van der Waals surface area contributed by atoms with E-state index in [9.17, 15) is 19.1 Å². The van der Waals surface area contributed by atoms with Crippen LogP contribution in [0.15, 0.2) is 46.8 Å². The number of thiophene rings is 1. The van der Waals surface area contributed by atoms with Crippen molar-refractivity contribution in [3.05, 3.63) is 58.9 Å². The molecule has 2 aromatic carbocycles. The summed E-state index contributed by atoms with van der Waals surface area (Å²) in [4.78, 5) is 34.3. The number of likely N-dealkylation sites (tertiary alicyclic amines) is 2. The fourth-order valence-electron chi connectivity index (χ4n) is 7.28. The number of pyridine rings is 1. The molecule has 0 radical (unpaired) electrons. The van der Waals surface area contributed by atoms with Crippen molar-refractivity contribution in [1.29, 1.82) is 5.26 Å². The molecule has 0 N–H and O–H groups in total. The van der Waals surface area contributed by atoms with Crippen LogP contribution in [-0.2, 0) is 33.3 Å². The zero-order valence-corrected chi connectivity index (χ0v) is 29.7. The summed E-state index contributed by atoms with van der Waals surface area (Å²) in [6.45, 7) is 7.29. The molecule has 2 amide bonds. The minimum absolute atomic E-state index is 0.0679. The summed E-state index contributed by atoms with van der Waals surface area (Å²) in [5, 5.41) is 13.9. The SMILES string of the molecule is CS(=O)c1nc2c(F)c(-c3csc4ccccc34)c(CCC#N)cc2c2c1cc(CN1CCCC1=O)n2C1CCN(C(=O)OC(C)(C)C)C1. The number of hydrogen-bond acceptors (Lipinski definition) is 7. The van der Waals surface area contributed by atoms with Gasteiger partial charge in [0.25, 0.3) is 0 Å². The molecule has 7 rings (SSSR count). The van der Waals surface area contributed by atoms with Crippen molar-refractivity contribution < 1.29 is 22.9 Å². The van der Waals surface area contributed by atoms with Crippen LogP contribution in [0.25, 0.3) is 43.0 Å². The van der Waals surface area contributed by atoms with Gasteiger partial charge in [-0.25, -0.2) is 14.2 Å². The van der Waals surface area contributed by atoms with Gasteiger partial charge in [0.05, 0.1) is 35.0 Å². The molecule has 5 aromatic rings. The van der Waals surface area contributed by atoms with Crippen molar-refractivity contribution in [2.45, 2.75) is 76.1 Å². The lowest BCUT2D eigenvalue weighted by Crippen LogP contribution is -2.35. The summed E-state index contributed by atoms with van der Waals surface area (Å²) in [5.74, 6) is -0.452. The Morgan fingerprint density at radius 2 is 1.98 bits per heavy atom. The van der Waals surface area contributed by atoms with Crippen molar-refractivity contribution in [2.24, 2.45) is 0 Å². The van der Waals surface area contributed by atoms with Gasteiger partial charge < -0.3 is 19.1 Å². The van der Waals surface area contributed by atoms with Crippen LogP contribution in [0.3, 0.4) is 0 Å². The summed E-state index contributed by atoms with van der Waals surface area (Å²) in [6, 6.07) is 13.7. The van der Waals surface area contributed by atoms with Crippen molar-refractivity contribution in [3.8, 4) is 17.2 Å². The Bertz CT molecular complexity index is 2210. The Labute approximate surface area is 290 Å². The normalized spacial score (nSPS) is 17.5. The minimum atomic E-state index is -1.57. The van der Waals surface area contributed by atoms with Crippen LogP contribution in [0.5, 0.6) is 0 Å². The molecule has 0 saturated carbocycles. The molecule has 5 heterocycles. The molecule has 0 aliphatic carbocycles. The maximum absolute atomic E-state index is 17.3. The van der Waals surface area contributed by atoms with E-state index in [1.165, 1.54) is 11.3 Å². The molecule has 0 bridgehead atoms. The van der Waals surface area contributed by atoms with Crippen LogP contribution in [0.2, 0.25) is 0 Å². The third kappa shape index (κ3) is 6.08. The predicted octanol–water partition coefficient (Wildman–Crippen LogP) is 7.71. The number of amides is 2. The standard InChI is InChI=1S/C37H38FN5O4S2/c1-37(2,3)47-36(45)42-16-13-23(19-42)43-24(20-41-15-8-12-30(41)44)18-27-34(43)26-17-22(9-7-14-39)31(32(38)33(26)40-35(27)49(4)46)28-21-48-29-11-6-5-10-25(28)29/h5-6,10-11,17-18,21,23H,7-9,12-13,15-16,19-20H2,1-4H3. The zero-order valence-electron chi connectivity index (χ0n) is 28.0. The van der Waals surface area contributed by atoms with Crippen LogP contribution >= 0.6 is 11.3 Å². The molecule has 3 aromatic heterocycles. The van der Waals surface area contributed by atoms with Crippen molar-refractivity contribution in [2.75, 3.05) is 25.9 Å². The van der Waals surface area contributed by atoms with E-state index < -0.39 is 28.3 Å². The molecular formula is C37H38FN5O4S2. The molecule has 2 fully saturated rings. The smallest absolute Gasteiger partial charge is 0.410 e. The average molecular weight is 700 g/mol. The number of aromatic nitrogens is 2. The number of fused-ring (bicyclic) bond motifs is 4. The summed E-state index contributed by atoms with van der Waals surface area (Å²) in [6.07, 6.45) is 3.54. The summed E-state index contributed by atoms with van der Waals surface area (Å²) in [7, 11) is -1.57. The van der Waals surface area contributed by atoms with E-state index in [0.717, 1.165) is 27.8 Å². The first-order valence-electron chi connectivity index (χ1n) is 16.6. The number of nitriles is 1. The average Bonchev–Trinajstić information content (AvgIpc) is 3.85. The molecule has 2 unspecified atom stereocenters. The number of nitrogens with zero attached hydrogens (tertiary/aromatic N) is 5. The third-order valence-electron chi connectivity index (χ3n) is 9.37. The topological polar surface area (TPSA) is 109 Å². The van der Waals surface area contributed by atoms with E-state index in [2.05, 4.69) is 10.6 Å². The lowest BCUT2D eigenvalue weighted by Gasteiger charge is -2.25. The van der Waals surface area contributed by atoms with Gasteiger partial charge in [-0.05, 0) is 69.2 Å². The second-order valence-electron chi connectivity index (χ2n) is 13.9. The second kappa shape index (κ2) is 12.8. The molecule has 2 saturated heterocycles. The van der Waals surface area contributed by atoms with Crippen molar-refractivity contribution in [3.63, 3.8) is 0 Å². The first-order valence-corrected chi connectivity index (χ1v) is 19.0. The Kier molecular flexibility index (Phi) is 8.69. The molecule has 12 heteroatoms. The Morgan fingerprint density at radius 3 is 2.69 bits per heavy atom. The highest BCUT2D eigenvalue weighted by atomic mass is 32.2. The van der Waals surface area contributed by atoms with E-state index in [0.29, 0.717) is 72.9 Å². The van der Waals surface area contributed by atoms with E-state index in [-0.39, 0.29) is 28.9 Å². The van der Waals surface area contributed by atoms with Gasteiger partial charge in [0, 0.05) is 76.4 Å². The van der Waals surface area contributed by atoms with Gasteiger partial charge >= 0.3 is 6.09 Å². The molecule has 2 aliphatic heterocycles. The number of benzene rings is 2. The highest BCUT2D eigenvalue weighted by molar-refractivity contribution is 7.84. The molecule has 0 spiro atoms. The number of hydrogen-bond donors (Lipinski definition) is 0. The fourth-order valence-corrected chi connectivity index (χ4v) is 8.92. The number of carbonyl (C=O) groups is 2. The zero-order chi connectivity index (χ0) is 34.6. The largest absolute Gasteiger partial charge is 0.444 e. The molecule has 49 heavy (non-hydrogen) atoms. The lowest BCUT2D eigenvalue weighted by molar-refractivity contribution is -0.128. The first-order chi connectivity index (χ1) is 23.4. The van der Waals surface area contributed by atoms with Gasteiger partial charge in [-0.1, -0.05) is 18.2 Å². The van der Waals surface area contributed by atoms with E-state index in [1.807, 2.05) is 67.4 Å². The van der Waals surface area contributed by atoms with Gasteiger partial charge in [0.2, 0.25) is 5.91 Å². The predicted molar refractivity (Wildman–Crippen MR) is 190 cm³/mol. The van der Waals surface area contributed by atoms with E-state index >= 15 is 4.39 Å². The number of rotatable bonds is 7. The fraction of sp³-hybridized carbons (Fsp3) is 0.405. The first kappa shape index (κ1) is 33.2. The summed E-state index contributed by atoms with van der Waals surface area (Å²) in [5.41, 5.74) is 2.77. The van der Waals surface area contributed by atoms with Gasteiger partial charge in [0.15, 0.2) is 5.82 Å². The third-order valence-corrected chi connectivity index (χ3v) is 11.2. The maximum Gasteiger partial charge on any atom is 0.410 e. The maximum atomic E-state index is 17.3. The van der Waals surface area contributed by atoms with Gasteiger partial charge in [-0.15, -0.1) is 11.3 Å². The highest BCUT2D eigenvalue weighted by Crippen LogP contribution is 2.43. The number of carbonyl (C=O) groups excluding carboxylic acids is 2. The quantitative estimate of drug-likeness (QED) is 0.172. The van der Waals surface area contributed by atoms with Gasteiger partial charge in [-0.3, -0.25) is 9.00 Å². The number of aryl methyl sites for hydroxylation is 1. The molecule has 9 nitrogen and oxygen atoms in total. The number of ether oxygens (including phenoxy) is 1. The van der Waals surface area contributed by atoms with E-state index in [1.54, 1.807) is 11.2 Å². The van der Waals surface area contributed by atoms with Gasteiger partial charge in [-0.2, -0.15) is 5.26 Å². The van der Waals surface area contributed by atoms with Crippen LogP contribution in [-0.4, -0.2) is 67.1 Å². The molecular weight excluding hydrogens is 662 g/mol. The molecule has 254 valence electrons. The van der Waals surface area contributed by atoms with Crippen LogP contribution < -0.4 is 0 Å². The Hall–Kier alpha value is -4.34. The summed E-state index contributed by atoms with van der Waals surface area (Å²) < 4.78 is 39.5. The summed E-state index contributed by atoms with van der Waals surface area (Å²) >= 11 is 1.53. The highest BCUT2D eigenvalue weighted by Gasteiger charge is 2.35. The minimum Gasteiger partial charge on any atom is -0.444 e. The van der Waals surface area contributed by atoms with Crippen molar-refractivity contribution in [1.82, 2.24) is 19.4 Å². The second-order valence-corrected chi connectivity index (χ2v) is 16.1. The van der Waals surface area contributed by atoms with Gasteiger partial charge in [0.1, 0.15) is 16.1 Å². The van der Waals surface area contributed by atoms with E-state index in [4.69, 9.17) is 9.72 Å². The van der Waals surface area contributed by atoms with Crippen LogP contribution in [0, 0.1) is 17.1 Å². The van der Waals surface area contributed by atoms with Crippen LogP contribution in [0.4, 0.5) is 9.18 Å². The Morgan fingerprint density at radius 1 is 1.18 bits per heavy atom. The van der Waals surface area contributed by atoms with Crippen molar-refractivity contribution >= 4 is 66.0 Å². The van der Waals surface area contributed by atoms with Crippen LogP contribution in [0.1, 0.15) is 63.8 Å². The lowest BCUT2D eigenvalue weighted by atomic mass is 9.93.